The highest BCUT2D eigenvalue weighted by atomic mass is 19.1. The minimum atomic E-state index is -0.484. The van der Waals surface area contributed by atoms with Gasteiger partial charge in [-0.2, -0.15) is 0 Å². The third kappa shape index (κ3) is 3.23. The van der Waals surface area contributed by atoms with Crippen LogP contribution in [0.25, 0.3) is 0 Å². The fourth-order valence-corrected chi connectivity index (χ4v) is 4.32. The fraction of sp³-hybridized carbons (Fsp3) is 0.500. The Morgan fingerprint density at radius 2 is 2.23 bits per heavy atom. The number of ether oxygens (including phenoxy) is 2. The van der Waals surface area contributed by atoms with E-state index in [0.29, 0.717) is 30.8 Å². The van der Waals surface area contributed by atoms with Gasteiger partial charge in [-0.15, -0.1) is 6.58 Å². The molecular weight excluding hydrogens is 331 g/mol. The molecule has 0 radical (unpaired) electrons. The molecule has 3 rings (SSSR count). The lowest BCUT2D eigenvalue weighted by atomic mass is 9.66. The number of carbonyl (C=O) groups is 1. The van der Waals surface area contributed by atoms with Crippen molar-refractivity contribution in [2.75, 3.05) is 13.7 Å². The number of carbonyl (C=O) groups excluding carboxylic acids is 1. The monoisotopic (exact) mass is 358 g/mol. The molecule has 0 saturated carbocycles. The molecule has 1 aromatic rings. The molecule has 4 atom stereocenters. The van der Waals surface area contributed by atoms with Gasteiger partial charge in [0.25, 0.3) is 0 Å². The van der Waals surface area contributed by atoms with Crippen LogP contribution in [-0.4, -0.2) is 25.1 Å². The summed E-state index contributed by atoms with van der Waals surface area (Å²) in [4.78, 5) is 12.5. The van der Waals surface area contributed by atoms with E-state index in [9.17, 15) is 9.18 Å². The van der Waals surface area contributed by atoms with Crippen molar-refractivity contribution in [1.82, 2.24) is 0 Å². The van der Waals surface area contributed by atoms with Crippen molar-refractivity contribution in [3.8, 4) is 5.75 Å². The molecule has 0 spiro atoms. The second-order valence-electron chi connectivity index (χ2n) is 7.53. The van der Waals surface area contributed by atoms with Crippen molar-refractivity contribution in [1.29, 1.82) is 0 Å². The van der Waals surface area contributed by atoms with Gasteiger partial charge in [0.1, 0.15) is 11.6 Å². The highest BCUT2D eigenvalue weighted by Gasteiger charge is 2.50. The van der Waals surface area contributed by atoms with Gasteiger partial charge in [-0.25, -0.2) is 4.39 Å². The molecule has 26 heavy (non-hydrogen) atoms. The number of hydrogen-bond acceptors (Lipinski definition) is 3. The maximum Gasteiger partial charge on any atom is 0.159 e. The van der Waals surface area contributed by atoms with Crippen LogP contribution < -0.4 is 4.74 Å². The summed E-state index contributed by atoms with van der Waals surface area (Å²) in [6.45, 7) is 8.57. The predicted molar refractivity (Wildman–Crippen MR) is 99.7 cm³/mol. The van der Waals surface area contributed by atoms with E-state index in [1.165, 1.54) is 13.2 Å². The summed E-state index contributed by atoms with van der Waals surface area (Å²) in [7, 11) is 1.53. The van der Waals surface area contributed by atoms with E-state index in [4.69, 9.17) is 9.47 Å². The average molecular weight is 358 g/mol. The summed E-state index contributed by atoms with van der Waals surface area (Å²) in [5, 5.41) is 0. The summed E-state index contributed by atoms with van der Waals surface area (Å²) < 4.78 is 25.7. The molecule has 1 fully saturated rings. The SMILES string of the molecule is C=CC(C)[C@H]1C[C@]2([C@H](C)Cc3ccc(OC)cc3F)OCCC2=CC1=O. The van der Waals surface area contributed by atoms with Crippen LogP contribution in [0.5, 0.6) is 5.75 Å². The van der Waals surface area contributed by atoms with Crippen molar-refractivity contribution >= 4 is 5.78 Å². The van der Waals surface area contributed by atoms with Crippen LogP contribution in [0.2, 0.25) is 0 Å². The van der Waals surface area contributed by atoms with Gasteiger partial charge in [0, 0.05) is 12.0 Å². The first kappa shape index (κ1) is 18.8. The lowest BCUT2D eigenvalue weighted by Gasteiger charge is -2.42. The Kier molecular flexibility index (Phi) is 5.33. The van der Waals surface area contributed by atoms with Crippen molar-refractivity contribution in [2.24, 2.45) is 17.8 Å². The molecule has 1 aliphatic carbocycles. The molecule has 4 heteroatoms. The number of rotatable bonds is 6. The van der Waals surface area contributed by atoms with Gasteiger partial charge in [0.05, 0.1) is 19.3 Å². The Balaban J connectivity index is 1.89. The van der Waals surface area contributed by atoms with E-state index in [-0.39, 0.29) is 29.4 Å². The van der Waals surface area contributed by atoms with Crippen LogP contribution in [0.15, 0.2) is 42.5 Å². The first-order valence-electron chi connectivity index (χ1n) is 9.25. The van der Waals surface area contributed by atoms with Gasteiger partial charge < -0.3 is 9.47 Å². The molecule has 0 amide bonds. The van der Waals surface area contributed by atoms with Crippen molar-refractivity contribution in [3.05, 3.63) is 53.9 Å². The van der Waals surface area contributed by atoms with E-state index in [1.807, 2.05) is 13.0 Å². The number of allylic oxidation sites excluding steroid dienone is 2. The smallest absolute Gasteiger partial charge is 0.159 e. The number of hydrogen-bond donors (Lipinski definition) is 0. The van der Waals surface area contributed by atoms with Crippen LogP contribution in [-0.2, 0) is 16.0 Å². The zero-order chi connectivity index (χ0) is 18.9. The Morgan fingerprint density at radius 1 is 1.46 bits per heavy atom. The minimum absolute atomic E-state index is 0.0618. The number of halogens is 1. The van der Waals surface area contributed by atoms with E-state index < -0.39 is 5.60 Å². The van der Waals surface area contributed by atoms with Crippen molar-refractivity contribution < 1.29 is 18.7 Å². The van der Waals surface area contributed by atoms with Crippen molar-refractivity contribution in [2.45, 2.75) is 38.7 Å². The normalized spacial score (nSPS) is 27.5. The first-order chi connectivity index (χ1) is 12.4. The molecule has 1 heterocycles. The molecule has 140 valence electrons. The molecule has 1 unspecified atom stereocenters. The molecule has 0 bridgehead atoms. The molecule has 0 N–H and O–H groups in total. The summed E-state index contributed by atoms with van der Waals surface area (Å²) in [6, 6.07) is 4.97. The molecule has 3 nitrogen and oxygen atoms in total. The van der Waals surface area contributed by atoms with E-state index in [2.05, 4.69) is 13.5 Å². The molecule has 1 aromatic carbocycles. The molecule has 1 aliphatic heterocycles. The van der Waals surface area contributed by atoms with Crippen LogP contribution in [0.3, 0.4) is 0 Å². The Bertz CT molecular complexity index is 739. The van der Waals surface area contributed by atoms with Gasteiger partial charge in [0.15, 0.2) is 5.78 Å². The zero-order valence-electron chi connectivity index (χ0n) is 15.8. The topological polar surface area (TPSA) is 35.5 Å². The second kappa shape index (κ2) is 7.36. The quantitative estimate of drug-likeness (QED) is 0.702. The summed E-state index contributed by atoms with van der Waals surface area (Å²) in [5.74, 6) is 0.434. The highest BCUT2D eigenvalue weighted by Crippen LogP contribution is 2.48. The van der Waals surface area contributed by atoms with Gasteiger partial charge in [0.2, 0.25) is 0 Å². The van der Waals surface area contributed by atoms with E-state index >= 15 is 0 Å². The third-order valence-electron chi connectivity index (χ3n) is 6.07. The molecule has 2 aliphatic rings. The summed E-state index contributed by atoms with van der Waals surface area (Å²) in [5.41, 5.74) is 1.23. The zero-order valence-corrected chi connectivity index (χ0v) is 15.8. The first-order valence-corrected chi connectivity index (χ1v) is 9.25. The number of benzene rings is 1. The van der Waals surface area contributed by atoms with Gasteiger partial charge in [-0.05, 0) is 54.4 Å². The van der Waals surface area contributed by atoms with Crippen LogP contribution >= 0.6 is 0 Å². The van der Waals surface area contributed by atoms with Crippen LogP contribution in [0.4, 0.5) is 4.39 Å². The second-order valence-corrected chi connectivity index (χ2v) is 7.53. The van der Waals surface area contributed by atoms with E-state index in [0.717, 1.165) is 12.0 Å². The standard InChI is InChI=1S/C22H27FO3/c1-5-14(2)19-13-22(17(8-9-26-22)11-21(19)24)15(3)10-16-6-7-18(25-4)12-20(16)23/h5-7,11-12,14-15,19H,1,8-10,13H2,2-4H3/t14?,15-,19-,22-/m1/s1. The van der Waals surface area contributed by atoms with E-state index in [1.54, 1.807) is 18.2 Å². The van der Waals surface area contributed by atoms with Crippen LogP contribution in [0, 0.1) is 23.6 Å². The average Bonchev–Trinajstić information content (AvgIpc) is 3.05. The summed E-state index contributed by atoms with van der Waals surface area (Å²) >= 11 is 0. The maximum absolute atomic E-state index is 14.4. The predicted octanol–water partition coefficient (Wildman–Crippen LogP) is 4.51. The lowest BCUT2D eigenvalue weighted by molar-refractivity contribution is -0.124. The number of fused-ring (bicyclic) bond motifs is 1. The fourth-order valence-electron chi connectivity index (χ4n) is 4.32. The Hall–Kier alpha value is -1.94. The molecule has 1 saturated heterocycles. The maximum atomic E-state index is 14.4. The van der Waals surface area contributed by atoms with Crippen molar-refractivity contribution in [3.63, 3.8) is 0 Å². The molecule has 0 aromatic heterocycles. The van der Waals surface area contributed by atoms with Gasteiger partial charge in [-0.3, -0.25) is 4.79 Å². The lowest BCUT2D eigenvalue weighted by Crippen LogP contribution is -2.46. The number of methoxy groups -OCH3 is 1. The Labute approximate surface area is 154 Å². The Morgan fingerprint density at radius 3 is 2.88 bits per heavy atom. The minimum Gasteiger partial charge on any atom is -0.497 e. The number of ketones is 1. The largest absolute Gasteiger partial charge is 0.497 e. The summed E-state index contributed by atoms with van der Waals surface area (Å²) in [6.07, 6.45) is 5.58. The third-order valence-corrected chi connectivity index (χ3v) is 6.07. The van der Waals surface area contributed by atoms with Crippen LogP contribution in [0.1, 0.15) is 32.3 Å². The van der Waals surface area contributed by atoms with Gasteiger partial charge in [-0.1, -0.05) is 26.0 Å². The van der Waals surface area contributed by atoms with Gasteiger partial charge >= 0.3 is 0 Å². The highest BCUT2D eigenvalue weighted by molar-refractivity contribution is 5.94. The molecular formula is C22H27FO3.